The molecule has 70 valence electrons. The maximum atomic E-state index is 5.54. The van der Waals surface area contributed by atoms with E-state index in [0.29, 0.717) is 0 Å². The number of rotatable bonds is 4. The molecule has 1 aromatic rings. The van der Waals surface area contributed by atoms with Crippen molar-refractivity contribution in [2.75, 3.05) is 19.8 Å². The van der Waals surface area contributed by atoms with Crippen LogP contribution in [0.15, 0.2) is 24.3 Å². The van der Waals surface area contributed by atoms with Crippen LogP contribution in [0, 0.1) is 0 Å². The third-order valence-electron chi connectivity index (χ3n) is 2.03. The second-order valence-electron chi connectivity index (χ2n) is 3.17. The monoisotopic (exact) mass is 241 g/mol. The third kappa shape index (κ3) is 2.71. The first-order valence-electron chi connectivity index (χ1n) is 4.38. The Morgan fingerprint density at radius 3 is 2.46 bits per heavy atom. The van der Waals surface area contributed by atoms with Crippen molar-refractivity contribution in [2.45, 2.75) is 5.33 Å². The van der Waals surface area contributed by atoms with Crippen molar-refractivity contribution in [3.05, 3.63) is 29.8 Å². The van der Waals surface area contributed by atoms with Crippen molar-refractivity contribution in [3.63, 3.8) is 0 Å². The Kier molecular flexibility index (Phi) is 2.86. The maximum Gasteiger partial charge on any atom is 0.142 e. The molecule has 2 rings (SSSR count). The number of hydrogen-bond donors (Lipinski definition) is 0. The second-order valence-corrected chi connectivity index (χ2v) is 3.73. The highest BCUT2D eigenvalue weighted by molar-refractivity contribution is 9.08. The lowest BCUT2D eigenvalue weighted by atomic mass is 10.2. The third-order valence-corrected chi connectivity index (χ3v) is 2.68. The van der Waals surface area contributed by atoms with E-state index < -0.39 is 0 Å². The van der Waals surface area contributed by atoms with Crippen molar-refractivity contribution in [1.29, 1.82) is 0 Å². The highest BCUT2D eigenvalue weighted by Gasteiger charge is 2.16. The van der Waals surface area contributed by atoms with Crippen molar-refractivity contribution in [1.82, 2.24) is 4.90 Å². The molecule has 1 fully saturated rings. The molecule has 1 saturated heterocycles. The SMILES string of the molecule is BrCc1ccc(OCN2CC2)cc1. The zero-order chi connectivity index (χ0) is 9.10. The lowest BCUT2D eigenvalue weighted by molar-refractivity contribution is 0.228. The van der Waals surface area contributed by atoms with Gasteiger partial charge in [0.2, 0.25) is 0 Å². The molecule has 1 heterocycles. The van der Waals surface area contributed by atoms with E-state index in [0.717, 1.165) is 17.8 Å². The van der Waals surface area contributed by atoms with Gasteiger partial charge in [0, 0.05) is 18.4 Å². The normalized spacial score (nSPS) is 15.8. The summed E-state index contributed by atoms with van der Waals surface area (Å²) in [6, 6.07) is 8.18. The van der Waals surface area contributed by atoms with Gasteiger partial charge in [0.15, 0.2) is 0 Å². The molecule has 0 saturated carbocycles. The number of ether oxygens (including phenoxy) is 1. The van der Waals surface area contributed by atoms with Crippen LogP contribution in [0.3, 0.4) is 0 Å². The number of halogens is 1. The maximum absolute atomic E-state index is 5.54. The van der Waals surface area contributed by atoms with Crippen LogP contribution in [-0.2, 0) is 5.33 Å². The first-order chi connectivity index (χ1) is 6.38. The summed E-state index contributed by atoms with van der Waals surface area (Å²) < 4.78 is 5.54. The zero-order valence-electron chi connectivity index (χ0n) is 7.37. The Morgan fingerprint density at radius 1 is 1.23 bits per heavy atom. The smallest absolute Gasteiger partial charge is 0.142 e. The van der Waals surface area contributed by atoms with Gasteiger partial charge in [0.25, 0.3) is 0 Å². The van der Waals surface area contributed by atoms with Crippen LogP contribution in [0.5, 0.6) is 5.75 Å². The lowest BCUT2D eigenvalue weighted by Gasteiger charge is -2.06. The first-order valence-corrected chi connectivity index (χ1v) is 5.51. The summed E-state index contributed by atoms with van der Waals surface area (Å²) in [5.74, 6) is 0.955. The van der Waals surface area contributed by atoms with Crippen LogP contribution in [-0.4, -0.2) is 24.7 Å². The minimum Gasteiger partial charge on any atom is -0.478 e. The topological polar surface area (TPSA) is 12.2 Å². The Morgan fingerprint density at radius 2 is 1.92 bits per heavy atom. The van der Waals surface area contributed by atoms with Gasteiger partial charge in [-0.1, -0.05) is 28.1 Å². The quantitative estimate of drug-likeness (QED) is 0.593. The second kappa shape index (κ2) is 4.11. The van der Waals surface area contributed by atoms with Crippen molar-refractivity contribution in [3.8, 4) is 5.75 Å². The molecule has 0 bridgehead atoms. The summed E-state index contributed by atoms with van der Waals surface area (Å²) in [6.07, 6.45) is 0. The Hall–Kier alpha value is -0.540. The molecule has 0 aliphatic carbocycles. The van der Waals surface area contributed by atoms with E-state index in [1.54, 1.807) is 0 Å². The summed E-state index contributed by atoms with van der Waals surface area (Å²) in [5, 5.41) is 0.902. The fourth-order valence-corrected chi connectivity index (χ4v) is 1.41. The zero-order valence-corrected chi connectivity index (χ0v) is 8.96. The lowest BCUT2D eigenvalue weighted by Crippen LogP contribution is -2.06. The van der Waals surface area contributed by atoms with Gasteiger partial charge in [0.1, 0.15) is 12.5 Å². The molecule has 0 amide bonds. The molecule has 1 aromatic carbocycles. The fraction of sp³-hybridized carbons (Fsp3) is 0.400. The minimum absolute atomic E-state index is 0.730. The van der Waals surface area contributed by atoms with E-state index in [4.69, 9.17) is 4.74 Å². The van der Waals surface area contributed by atoms with Crippen LogP contribution in [0.2, 0.25) is 0 Å². The Balaban J connectivity index is 1.88. The average molecular weight is 242 g/mol. The van der Waals surface area contributed by atoms with Gasteiger partial charge in [-0.3, -0.25) is 4.90 Å². The van der Waals surface area contributed by atoms with Gasteiger partial charge >= 0.3 is 0 Å². The molecule has 0 spiro atoms. The van der Waals surface area contributed by atoms with Gasteiger partial charge in [-0.2, -0.15) is 0 Å². The summed E-state index contributed by atoms with van der Waals surface area (Å²) in [6.45, 7) is 3.09. The van der Waals surface area contributed by atoms with Gasteiger partial charge in [-0.15, -0.1) is 0 Å². The number of benzene rings is 1. The van der Waals surface area contributed by atoms with Crippen LogP contribution < -0.4 is 4.74 Å². The average Bonchev–Trinajstić information content (AvgIpc) is 2.99. The van der Waals surface area contributed by atoms with Crippen molar-refractivity contribution < 1.29 is 4.74 Å². The molecule has 0 unspecified atom stereocenters. The molecule has 0 N–H and O–H groups in total. The highest BCUT2D eigenvalue weighted by Crippen LogP contribution is 2.15. The Labute approximate surface area is 86.6 Å². The summed E-state index contributed by atoms with van der Waals surface area (Å²) in [7, 11) is 0. The van der Waals surface area contributed by atoms with Crippen molar-refractivity contribution in [2.24, 2.45) is 0 Å². The first kappa shape index (κ1) is 9.03. The van der Waals surface area contributed by atoms with Crippen LogP contribution >= 0.6 is 15.9 Å². The number of nitrogens with zero attached hydrogens (tertiary/aromatic N) is 1. The molecule has 1 aliphatic rings. The number of alkyl halides is 1. The van der Waals surface area contributed by atoms with Crippen LogP contribution in [0.4, 0.5) is 0 Å². The highest BCUT2D eigenvalue weighted by atomic mass is 79.9. The van der Waals surface area contributed by atoms with Crippen molar-refractivity contribution >= 4 is 15.9 Å². The standard InChI is InChI=1S/C10H12BrNO/c11-7-9-1-3-10(4-2-9)13-8-12-5-6-12/h1-4H,5-8H2. The van der Waals surface area contributed by atoms with Gasteiger partial charge in [-0.05, 0) is 17.7 Å². The molecule has 3 heteroatoms. The molecule has 2 nitrogen and oxygen atoms in total. The van der Waals surface area contributed by atoms with E-state index in [1.165, 1.54) is 18.7 Å². The van der Waals surface area contributed by atoms with E-state index in [1.807, 2.05) is 12.1 Å². The van der Waals surface area contributed by atoms with Gasteiger partial charge < -0.3 is 4.74 Å². The largest absolute Gasteiger partial charge is 0.478 e. The van der Waals surface area contributed by atoms with E-state index >= 15 is 0 Å². The summed E-state index contributed by atoms with van der Waals surface area (Å²) in [4.78, 5) is 2.23. The fourth-order valence-electron chi connectivity index (χ4n) is 1.04. The van der Waals surface area contributed by atoms with Gasteiger partial charge in [0.05, 0.1) is 0 Å². The Bertz CT molecular complexity index is 269. The van der Waals surface area contributed by atoms with Crippen LogP contribution in [0.1, 0.15) is 5.56 Å². The van der Waals surface area contributed by atoms with Crippen LogP contribution in [0.25, 0.3) is 0 Å². The summed E-state index contributed by atoms with van der Waals surface area (Å²) in [5.41, 5.74) is 1.28. The molecular weight excluding hydrogens is 230 g/mol. The molecule has 0 atom stereocenters. The minimum atomic E-state index is 0.730. The molecular formula is C10H12BrNO. The van der Waals surface area contributed by atoms with E-state index in [2.05, 4.69) is 33.0 Å². The number of hydrogen-bond acceptors (Lipinski definition) is 2. The predicted octanol–water partition coefficient (Wildman–Crippen LogP) is 2.23. The van der Waals surface area contributed by atoms with E-state index in [-0.39, 0.29) is 0 Å². The molecule has 0 aromatic heterocycles. The predicted molar refractivity (Wildman–Crippen MR) is 56.1 cm³/mol. The van der Waals surface area contributed by atoms with E-state index in [9.17, 15) is 0 Å². The molecule has 0 radical (unpaired) electrons. The van der Waals surface area contributed by atoms with Gasteiger partial charge in [-0.25, -0.2) is 0 Å². The summed E-state index contributed by atoms with van der Waals surface area (Å²) >= 11 is 3.41. The molecule has 13 heavy (non-hydrogen) atoms. The molecule has 1 aliphatic heterocycles.